The van der Waals surface area contributed by atoms with Gasteiger partial charge in [-0.2, -0.15) is 0 Å². The standard InChI is InChI=1S/C28H44N2O4.2ClH/c1-21(2)24(16-23-12-13-27(33-5)28(17-23)34-15-9-14-32-4)18-25(29)26(31)20-30(3)19-22-10-7-6-8-11-22;;/h6-8,10-13,17,21,24-26,31H,9,14-16,18-20,29H2,1-5H3;2*1H/t24-,25-,26-;;/m0../s1. The van der Waals surface area contributed by atoms with E-state index >= 15 is 0 Å². The van der Waals surface area contributed by atoms with Crippen LogP contribution < -0.4 is 15.2 Å². The van der Waals surface area contributed by atoms with Crippen molar-refractivity contribution in [3.8, 4) is 11.5 Å². The minimum absolute atomic E-state index is 0. The number of halogens is 2. The number of ether oxygens (including phenoxy) is 3. The predicted molar refractivity (Wildman–Crippen MR) is 153 cm³/mol. The van der Waals surface area contributed by atoms with Gasteiger partial charge in [0, 0.05) is 39.3 Å². The second-order valence-electron chi connectivity index (χ2n) is 9.54. The van der Waals surface area contributed by atoms with Gasteiger partial charge in [-0.05, 0) is 55.0 Å². The maximum Gasteiger partial charge on any atom is 0.161 e. The van der Waals surface area contributed by atoms with Gasteiger partial charge in [0.05, 0.1) is 19.8 Å². The quantitative estimate of drug-likeness (QED) is 0.290. The molecular formula is C28H46Cl2N2O4. The van der Waals surface area contributed by atoms with E-state index in [2.05, 4.69) is 43.0 Å². The number of hydrogen-bond acceptors (Lipinski definition) is 6. The second kappa shape index (κ2) is 18.7. The summed E-state index contributed by atoms with van der Waals surface area (Å²) in [5, 5.41) is 10.8. The predicted octanol–water partition coefficient (Wildman–Crippen LogP) is 4.98. The number of likely N-dealkylation sites (N-methyl/N-ethyl adjacent to an activating group) is 1. The van der Waals surface area contributed by atoms with Gasteiger partial charge in [0.2, 0.25) is 0 Å². The maximum atomic E-state index is 10.8. The van der Waals surface area contributed by atoms with E-state index in [1.54, 1.807) is 14.2 Å². The lowest BCUT2D eigenvalue weighted by Gasteiger charge is -2.29. The Morgan fingerprint density at radius 1 is 0.944 bits per heavy atom. The zero-order valence-corrected chi connectivity index (χ0v) is 24.0. The topological polar surface area (TPSA) is 77.2 Å². The Morgan fingerprint density at radius 3 is 2.25 bits per heavy atom. The van der Waals surface area contributed by atoms with Crippen LogP contribution in [0.4, 0.5) is 0 Å². The summed E-state index contributed by atoms with van der Waals surface area (Å²) < 4.78 is 16.5. The average Bonchev–Trinajstić information content (AvgIpc) is 2.82. The number of hydrogen-bond donors (Lipinski definition) is 2. The molecule has 2 rings (SSSR count). The van der Waals surface area contributed by atoms with E-state index in [9.17, 15) is 5.11 Å². The fraction of sp³-hybridized carbons (Fsp3) is 0.571. The minimum atomic E-state index is -0.578. The molecule has 2 aromatic rings. The van der Waals surface area contributed by atoms with Gasteiger partial charge < -0.3 is 25.1 Å². The van der Waals surface area contributed by atoms with Crippen LogP contribution in [0, 0.1) is 11.8 Å². The Hall–Kier alpha value is -1.54. The third-order valence-corrected chi connectivity index (χ3v) is 6.28. The zero-order chi connectivity index (χ0) is 24.9. The van der Waals surface area contributed by atoms with Gasteiger partial charge in [-0.3, -0.25) is 4.90 Å². The molecule has 0 radical (unpaired) electrons. The smallest absolute Gasteiger partial charge is 0.161 e. The van der Waals surface area contributed by atoms with Crippen molar-refractivity contribution >= 4 is 24.8 Å². The van der Waals surface area contributed by atoms with Crippen molar-refractivity contribution in [2.75, 3.05) is 41.0 Å². The third-order valence-electron chi connectivity index (χ3n) is 6.28. The highest BCUT2D eigenvalue weighted by molar-refractivity contribution is 5.85. The summed E-state index contributed by atoms with van der Waals surface area (Å²) in [6.45, 7) is 7.01. The maximum absolute atomic E-state index is 10.8. The van der Waals surface area contributed by atoms with Crippen molar-refractivity contribution in [2.24, 2.45) is 17.6 Å². The SMILES string of the molecule is COCCCOc1cc(C[C@@H](C[C@H](N)[C@@H](O)CN(C)Cc2ccccc2)C(C)C)ccc1OC.Cl.Cl. The van der Waals surface area contributed by atoms with E-state index in [1.807, 2.05) is 31.3 Å². The van der Waals surface area contributed by atoms with E-state index < -0.39 is 6.10 Å². The molecular weight excluding hydrogens is 499 g/mol. The fourth-order valence-corrected chi connectivity index (χ4v) is 4.16. The first-order valence-electron chi connectivity index (χ1n) is 12.3. The molecule has 3 atom stereocenters. The summed E-state index contributed by atoms with van der Waals surface area (Å²) in [5.74, 6) is 2.27. The number of benzene rings is 2. The van der Waals surface area contributed by atoms with E-state index in [1.165, 1.54) is 11.1 Å². The largest absolute Gasteiger partial charge is 0.493 e. The summed E-state index contributed by atoms with van der Waals surface area (Å²) in [6, 6.07) is 16.1. The highest BCUT2D eigenvalue weighted by Crippen LogP contribution is 2.31. The molecule has 0 saturated carbocycles. The molecule has 36 heavy (non-hydrogen) atoms. The molecule has 0 spiro atoms. The molecule has 206 valence electrons. The molecule has 2 aromatic carbocycles. The van der Waals surface area contributed by atoms with E-state index in [4.69, 9.17) is 19.9 Å². The summed E-state index contributed by atoms with van der Waals surface area (Å²) in [7, 11) is 5.37. The summed E-state index contributed by atoms with van der Waals surface area (Å²) >= 11 is 0. The lowest BCUT2D eigenvalue weighted by atomic mass is 9.83. The van der Waals surface area contributed by atoms with Crippen molar-refractivity contribution in [3.63, 3.8) is 0 Å². The number of nitrogens with two attached hydrogens (primary N) is 1. The lowest BCUT2D eigenvalue weighted by Crippen LogP contribution is -2.44. The van der Waals surface area contributed by atoms with Crippen molar-refractivity contribution in [1.29, 1.82) is 0 Å². The average molecular weight is 546 g/mol. The molecule has 0 aliphatic rings. The Morgan fingerprint density at radius 2 is 1.64 bits per heavy atom. The van der Waals surface area contributed by atoms with E-state index in [0.29, 0.717) is 31.6 Å². The molecule has 0 aliphatic heterocycles. The third kappa shape index (κ3) is 12.1. The highest BCUT2D eigenvalue weighted by atomic mass is 35.5. The first-order chi connectivity index (χ1) is 16.3. The van der Waals surface area contributed by atoms with Crippen LogP contribution in [0.15, 0.2) is 48.5 Å². The lowest BCUT2D eigenvalue weighted by molar-refractivity contribution is 0.0872. The van der Waals surface area contributed by atoms with E-state index in [-0.39, 0.29) is 30.9 Å². The van der Waals surface area contributed by atoms with Crippen LogP contribution in [0.2, 0.25) is 0 Å². The van der Waals surface area contributed by atoms with Crippen LogP contribution in [0.3, 0.4) is 0 Å². The molecule has 3 N–H and O–H groups in total. The van der Waals surface area contributed by atoms with Gasteiger partial charge in [0.25, 0.3) is 0 Å². The summed E-state index contributed by atoms with van der Waals surface area (Å²) in [5.41, 5.74) is 8.90. The Bertz CT molecular complexity index is 826. The number of nitrogens with zero attached hydrogens (tertiary/aromatic N) is 1. The molecule has 0 saturated heterocycles. The van der Waals surface area contributed by atoms with Crippen molar-refractivity contribution in [3.05, 3.63) is 59.7 Å². The first-order valence-corrected chi connectivity index (χ1v) is 12.3. The van der Waals surface area contributed by atoms with Gasteiger partial charge in [-0.15, -0.1) is 24.8 Å². The fourth-order valence-electron chi connectivity index (χ4n) is 4.16. The van der Waals surface area contributed by atoms with Crippen LogP contribution in [0.5, 0.6) is 11.5 Å². The minimum Gasteiger partial charge on any atom is -0.493 e. The van der Waals surface area contributed by atoms with Gasteiger partial charge >= 0.3 is 0 Å². The Kier molecular flexibility index (Phi) is 17.9. The summed E-state index contributed by atoms with van der Waals surface area (Å²) in [6.07, 6.45) is 1.87. The van der Waals surface area contributed by atoms with E-state index in [0.717, 1.165) is 37.3 Å². The van der Waals surface area contributed by atoms with Crippen LogP contribution >= 0.6 is 24.8 Å². The first kappa shape index (κ1) is 34.5. The van der Waals surface area contributed by atoms with Crippen molar-refractivity contribution in [1.82, 2.24) is 4.90 Å². The molecule has 0 bridgehead atoms. The molecule has 0 fully saturated rings. The normalized spacial score (nSPS) is 13.5. The number of methoxy groups -OCH3 is 2. The molecule has 8 heteroatoms. The zero-order valence-electron chi connectivity index (χ0n) is 22.4. The monoisotopic (exact) mass is 544 g/mol. The molecule has 0 amide bonds. The van der Waals surface area contributed by atoms with Gasteiger partial charge in [0.1, 0.15) is 0 Å². The second-order valence-corrected chi connectivity index (χ2v) is 9.54. The highest BCUT2D eigenvalue weighted by Gasteiger charge is 2.24. The van der Waals surface area contributed by atoms with Crippen LogP contribution in [0.25, 0.3) is 0 Å². The van der Waals surface area contributed by atoms with Crippen molar-refractivity contribution in [2.45, 2.75) is 51.8 Å². The molecule has 0 unspecified atom stereocenters. The van der Waals surface area contributed by atoms with Crippen LogP contribution in [0.1, 0.15) is 37.8 Å². The summed E-state index contributed by atoms with van der Waals surface area (Å²) in [4.78, 5) is 2.13. The van der Waals surface area contributed by atoms with Gasteiger partial charge in [0.15, 0.2) is 11.5 Å². The molecule has 6 nitrogen and oxygen atoms in total. The molecule has 0 aliphatic carbocycles. The molecule has 0 aromatic heterocycles. The van der Waals surface area contributed by atoms with Crippen molar-refractivity contribution < 1.29 is 19.3 Å². The molecule has 0 heterocycles. The number of rotatable bonds is 16. The Labute approximate surface area is 230 Å². The number of aliphatic hydroxyl groups excluding tert-OH is 1. The van der Waals surface area contributed by atoms with Crippen LogP contribution in [-0.2, 0) is 17.7 Å². The van der Waals surface area contributed by atoms with Crippen LogP contribution in [-0.4, -0.2) is 63.2 Å². The van der Waals surface area contributed by atoms with Gasteiger partial charge in [-0.25, -0.2) is 0 Å². The van der Waals surface area contributed by atoms with Gasteiger partial charge in [-0.1, -0.05) is 50.2 Å². The Balaban J connectivity index is 0.00000612. The number of aliphatic hydroxyl groups is 1.